The molecule has 0 aliphatic rings. The van der Waals surface area contributed by atoms with E-state index in [1.54, 1.807) is 25.1 Å². The van der Waals surface area contributed by atoms with E-state index >= 15 is 0 Å². The van der Waals surface area contributed by atoms with Gasteiger partial charge < -0.3 is 4.90 Å². The zero-order valence-corrected chi connectivity index (χ0v) is 8.24. The van der Waals surface area contributed by atoms with Crippen LogP contribution in [0.3, 0.4) is 0 Å². The quantitative estimate of drug-likeness (QED) is 0.540. The Bertz CT molecular complexity index is 354. The standard InChI is InChI=1S/C9H11FN2O2/c1-6-4-7(11(2)3)5-8(10)9(6)12(13)14/h4-5H,1-3H3. The highest BCUT2D eigenvalue weighted by atomic mass is 19.1. The Kier molecular flexibility index (Phi) is 2.69. The highest BCUT2D eigenvalue weighted by molar-refractivity contribution is 5.55. The van der Waals surface area contributed by atoms with Crippen LogP contribution in [0.5, 0.6) is 0 Å². The van der Waals surface area contributed by atoms with Gasteiger partial charge in [-0.1, -0.05) is 0 Å². The summed E-state index contributed by atoms with van der Waals surface area (Å²) in [6.45, 7) is 1.52. The minimum atomic E-state index is -0.793. The highest BCUT2D eigenvalue weighted by Crippen LogP contribution is 2.26. The summed E-state index contributed by atoms with van der Waals surface area (Å²) in [5.74, 6) is -0.793. The molecule has 0 atom stereocenters. The number of nitro groups is 1. The number of nitro benzene ring substituents is 1. The lowest BCUT2D eigenvalue weighted by Gasteiger charge is -2.13. The van der Waals surface area contributed by atoms with Gasteiger partial charge >= 0.3 is 5.69 Å². The number of hydrogen-bond acceptors (Lipinski definition) is 3. The largest absolute Gasteiger partial charge is 0.378 e. The first-order chi connectivity index (χ1) is 6.43. The fourth-order valence-electron chi connectivity index (χ4n) is 1.21. The lowest BCUT2D eigenvalue weighted by atomic mass is 10.1. The molecule has 0 aromatic heterocycles. The minimum absolute atomic E-state index is 0.332. The SMILES string of the molecule is Cc1cc(N(C)C)cc(F)c1[N+](=O)[O-]. The lowest BCUT2D eigenvalue weighted by molar-refractivity contribution is -0.388. The van der Waals surface area contributed by atoms with E-state index in [-0.39, 0.29) is 0 Å². The number of rotatable bonds is 2. The van der Waals surface area contributed by atoms with Gasteiger partial charge in [-0.05, 0) is 13.0 Å². The van der Waals surface area contributed by atoms with E-state index in [1.807, 2.05) is 0 Å². The number of anilines is 1. The fourth-order valence-corrected chi connectivity index (χ4v) is 1.21. The monoisotopic (exact) mass is 198 g/mol. The molecule has 0 fully saturated rings. The van der Waals surface area contributed by atoms with Crippen LogP contribution >= 0.6 is 0 Å². The molecule has 0 N–H and O–H groups in total. The van der Waals surface area contributed by atoms with Crippen molar-refractivity contribution in [2.75, 3.05) is 19.0 Å². The third-order valence-corrected chi connectivity index (χ3v) is 1.94. The Morgan fingerprint density at radius 1 is 1.43 bits per heavy atom. The van der Waals surface area contributed by atoms with Gasteiger partial charge in [-0.15, -0.1) is 0 Å². The van der Waals surface area contributed by atoms with Crippen molar-refractivity contribution >= 4 is 11.4 Å². The maximum absolute atomic E-state index is 13.3. The van der Waals surface area contributed by atoms with Crippen molar-refractivity contribution in [1.82, 2.24) is 0 Å². The molecular formula is C9H11FN2O2. The predicted molar refractivity (Wildman–Crippen MR) is 52.1 cm³/mol. The smallest absolute Gasteiger partial charge is 0.307 e. The van der Waals surface area contributed by atoms with Crippen molar-refractivity contribution < 1.29 is 9.31 Å². The number of nitrogens with zero attached hydrogens (tertiary/aromatic N) is 2. The van der Waals surface area contributed by atoms with Crippen molar-refractivity contribution in [2.24, 2.45) is 0 Å². The van der Waals surface area contributed by atoms with E-state index in [2.05, 4.69) is 0 Å². The Morgan fingerprint density at radius 2 is 2.00 bits per heavy atom. The van der Waals surface area contributed by atoms with Crippen LogP contribution in [0.15, 0.2) is 12.1 Å². The van der Waals surface area contributed by atoms with Gasteiger partial charge in [0.25, 0.3) is 0 Å². The van der Waals surface area contributed by atoms with Crippen molar-refractivity contribution in [3.63, 3.8) is 0 Å². The molecule has 0 heterocycles. The average molecular weight is 198 g/mol. The summed E-state index contributed by atoms with van der Waals surface area (Å²) in [4.78, 5) is 11.5. The first-order valence-electron chi connectivity index (χ1n) is 4.05. The van der Waals surface area contributed by atoms with Crippen molar-refractivity contribution in [3.05, 3.63) is 33.6 Å². The second-order valence-corrected chi connectivity index (χ2v) is 3.24. The van der Waals surface area contributed by atoms with Crippen LogP contribution in [-0.4, -0.2) is 19.0 Å². The molecule has 0 bridgehead atoms. The first-order valence-corrected chi connectivity index (χ1v) is 4.05. The van der Waals surface area contributed by atoms with Gasteiger partial charge in [0.2, 0.25) is 5.82 Å². The second-order valence-electron chi connectivity index (χ2n) is 3.24. The Balaban J connectivity index is 3.32. The third-order valence-electron chi connectivity index (χ3n) is 1.94. The lowest BCUT2D eigenvalue weighted by Crippen LogP contribution is -2.10. The molecule has 1 aromatic rings. The molecule has 1 rings (SSSR count). The van der Waals surface area contributed by atoms with Gasteiger partial charge in [-0.25, -0.2) is 0 Å². The van der Waals surface area contributed by atoms with E-state index in [0.29, 0.717) is 11.3 Å². The molecule has 0 saturated carbocycles. The summed E-state index contributed by atoms with van der Waals surface area (Å²) in [6.07, 6.45) is 0. The molecule has 0 aliphatic carbocycles. The fraction of sp³-hybridized carbons (Fsp3) is 0.333. The van der Waals surface area contributed by atoms with Crippen molar-refractivity contribution in [1.29, 1.82) is 0 Å². The maximum atomic E-state index is 13.3. The number of aryl methyl sites for hydroxylation is 1. The Morgan fingerprint density at radius 3 is 2.36 bits per heavy atom. The summed E-state index contributed by atoms with van der Waals surface area (Å²) < 4.78 is 13.3. The second kappa shape index (κ2) is 3.61. The molecule has 1 aromatic carbocycles. The van der Waals surface area contributed by atoms with Gasteiger partial charge in [-0.2, -0.15) is 4.39 Å². The van der Waals surface area contributed by atoms with Crippen LogP contribution < -0.4 is 4.90 Å². The van der Waals surface area contributed by atoms with Crippen LogP contribution in [0.4, 0.5) is 15.8 Å². The van der Waals surface area contributed by atoms with E-state index in [4.69, 9.17) is 0 Å². The molecule has 0 saturated heterocycles. The minimum Gasteiger partial charge on any atom is -0.378 e. The first kappa shape index (κ1) is 10.4. The summed E-state index contributed by atoms with van der Waals surface area (Å²) in [6, 6.07) is 2.74. The van der Waals surface area contributed by atoms with E-state index in [1.165, 1.54) is 6.92 Å². The summed E-state index contributed by atoms with van der Waals surface area (Å²) in [7, 11) is 3.50. The van der Waals surface area contributed by atoms with Gasteiger partial charge in [0.05, 0.1) is 4.92 Å². The molecule has 0 amide bonds. The summed E-state index contributed by atoms with van der Waals surface area (Å²) in [5, 5.41) is 10.5. The molecule has 0 radical (unpaired) electrons. The summed E-state index contributed by atoms with van der Waals surface area (Å²) in [5.41, 5.74) is 0.500. The van der Waals surface area contributed by atoms with Crippen LogP contribution in [0.1, 0.15) is 5.56 Å². The van der Waals surface area contributed by atoms with E-state index < -0.39 is 16.4 Å². The average Bonchev–Trinajstić information content (AvgIpc) is 2.01. The van der Waals surface area contributed by atoms with Crippen LogP contribution in [0.25, 0.3) is 0 Å². The molecule has 14 heavy (non-hydrogen) atoms. The molecule has 4 nitrogen and oxygen atoms in total. The molecule has 0 spiro atoms. The van der Waals surface area contributed by atoms with E-state index in [9.17, 15) is 14.5 Å². The number of halogens is 1. The van der Waals surface area contributed by atoms with Crippen LogP contribution in [0, 0.1) is 22.9 Å². The Labute approximate surface area is 81.1 Å². The molecular weight excluding hydrogens is 187 g/mol. The van der Waals surface area contributed by atoms with Gasteiger partial charge in [0.15, 0.2) is 0 Å². The van der Waals surface area contributed by atoms with Crippen molar-refractivity contribution in [2.45, 2.75) is 6.92 Å². The topological polar surface area (TPSA) is 46.4 Å². The zero-order valence-electron chi connectivity index (χ0n) is 8.24. The molecule has 0 unspecified atom stereocenters. The normalized spacial score (nSPS) is 10.0. The van der Waals surface area contributed by atoms with E-state index in [0.717, 1.165) is 6.07 Å². The van der Waals surface area contributed by atoms with Gasteiger partial charge in [0, 0.05) is 31.4 Å². The number of hydrogen-bond donors (Lipinski definition) is 0. The van der Waals surface area contributed by atoms with Gasteiger partial charge in [-0.3, -0.25) is 10.1 Å². The van der Waals surface area contributed by atoms with Gasteiger partial charge in [0.1, 0.15) is 0 Å². The maximum Gasteiger partial charge on any atom is 0.307 e. The van der Waals surface area contributed by atoms with Crippen LogP contribution in [-0.2, 0) is 0 Å². The molecule has 0 aliphatic heterocycles. The summed E-state index contributed by atoms with van der Waals surface area (Å²) >= 11 is 0. The van der Waals surface area contributed by atoms with Crippen molar-refractivity contribution in [3.8, 4) is 0 Å². The predicted octanol–water partition coefficient (Wildman–Crippen LogP) is 2.11. The van der Waals surface area contributed by atoms with Crippen LogP contribution in [0.2, 0.25) is 0 Å². The molecule has 76 valence electrons. The number of benzene rings is 1. The zero-order chi connectivity index (χ0) is 10.9. The third kappa shape index (κ3) is 1.81. The molecule has 5 heteroatoms. The Hall–Kier alpha value is -1.65. The highest BCUT2D eigenvalue weighted by Gasteiger charge is 2.18.